The van der Waals surface area contributed by atoms with Crippen molar-refractivity contribution in [2.24, 2.45) is 0 Å². The van der Waals surface area contributed by atoms with E-state index in [-0.39, 0.29) is 12.4 Å². The van der Waals surface area contributed by atoms with Crippen LogP contribution in [0.15, 0.2) is 27.0 Å². The van der Waals surface area contributed by atoms with E-state index in [1.54, 1.807) is 19.9 Å². The molecule has 0 aromatic carbocycles. The van der Waals surface area contributed by atoms with Crippen LogP contribution in [-0.4, -0.2) is 19.0 Å². The molecular formula is C14H14O6. The number of hydrogen-bond acceptors (Lipinski definition) is 6. The van der Waals surface area contributed by atoms with Crippen molar-refractivity contribution in [3.8, 4) is 0 Å². The Bertz CT molecular complexity index is 634. The molecule has 2 aromatic heterocycles. The molecule has 0 saturated carbocycles. The van der Waals surface area contributed by atoms with Crippen LogP contribution < -0.4 is 0 Å². The van der Waals surface area contributed by atoms with E-state index in [1.807, 2.05) is 0 Å². The van der Waals surface area contributed by atoms with Crippen LogP contribution in [0.2, 0.25) is 0 Å². The van der Waals surface area contributed by atoms with Crippen molar-refractivity contribution in [1.82, 2.24) is 0 Å². The minimum Gasteiger partial charge on any atom is -0.465 e. The smallest absolute Gasteiger partial charge is 0.374 e. The SMILES string of the molecule is COC(=O)c1cc(COC(=O)c2ccc(C)o2)oc1C. The number of carbonyl (C=O) groups excluding carboxylic acids is 2. The number of rotatable bonds is 4. The molecule has 0 atom stereocenters. The van der Waals surface area contributed by atoms with Gasteiger partial charge in [0.05, 0.1) is 7.11 Å². The van der Waals surface area contributed by atoms with E-state index in [0.29, 0.717) is 22.8 Å². The summed E-state index contributed by atoms with van der Waals surface area (Å²) >= 11 is 0. The number of hydrogen-bond donors (Lipinski definition) is 0. The van der Waals surface area contributed by atoms with Crippen molar-refractivity contribution in [3.63, 3.8) is 0 Å². The summed E-state index contributed by atoms with van der Waals surface area (Å²) in [6.45, 7) is 3.28. The topological polar surface area (TPSA) is 78.9 Å². The molecule has 0 aliphatic rings. The first-order valence-corrected chi connectivity index (χ1v) is 5.92. The van der Waals surface area contributed by atoms with Crippen LogP contribution in [-0.2, 0) is 16.1 Å². The van der Waals surface area contributed by atoms with Crippen molar-refractivity contribution >= 4 is 11.9 Å². The second-order valence-electron chi connectivity index (χ2n) is 4.16. The first-order valence-electron chi connectivity index (χ1n) is 5.92. The molecule has 106 valence electrons. The molecule has 2 heterocycles. The lowest BCUT2D eigenvalue weighted by molar-refractivity contribution is 0.0406. The summed E-state index contributed by atoms with van der Waals surface area (Å²) in [6.07, 6.45) is 0. The maximum Gasteiger partial charge on any atom is 0.374 e. The third-order valence-electron chi connectivity index (χ3n) is 2.66. The van der Waals surface area contributed by atoms with Crippen LogP contribution in [0.5, 0.6) is 0 Å². The van der Waals surface area contributed by atoms with E-state index in [4.69, 9.17) is 13.6 Å². The molecule has 0 bridgehead atoms. The van der Waals surface area contributed by atoms with E-state index in [0.717, 1.165) is 0 Å². The lowest BCUT2D eigenvalue weighted by atomic mass is 10.2. The average molecular weight is 278 g/mol. The zero-order valence-corrected chi connectivity index (χ0v) is 11.4. The van der Waals surface area contributed by atoms with Gasteiger partial charge in [0.25, 0.3) is 0 Å². The van der Waals surface area contributed by atoms with Crippen molar-refractivity contribution < 1.29 is 27.9 Å². The predicted octanol–water partition coefficient (Wildman–Crippen LogP) is 2.63. The second kappa shape index (κ2) is 5.64. The van der Waals surface area contributed by atoms with Gasteiger partial charge < -0.3 is 18.3 Å². The van der Waals surface area contributed by atoms with Crippen molar-refractivity contribution in [2.45, 2.75) is 20.5 Å². The van der Waals surface area contributed by atoms with Gasteiger partial charge in [-0.1, -0.05) is 0 Å². The molecule has 0 saturated heterocycles. The molecule has 0 unspecified atom stereocenters. The van der Waals surface area contributed by atoms with E-state index in [9.17, 15) is 9.59 Å². The number of esters is 2. The first-order chi connectivity index (χ1) is 9.51. The summed E-state index contributed by atoms with van der Waals surface area (Å²) in [5.41, 5.74) is 0.312. The van der Waals surface area contributed by atoms with Crippen LogP contribution in [0.3, 0.4) is 0 Å². The Morgan fingerprint density at radius 2 is 1.90 bits per heavy atom. The largest absolute Gasteiger partial charge is 0.465 e. The fourth-order valence-corrected chi connectivity index (χ4v) is 1.68. The molecule has 0 radical (unpaired) electrons. The van der Waals surface area contributed by atoms with Crippen LogP contribution in [0.1, 0.15) is 38.2 Å². The van der Waals surface area contributed by atoms with Crippen molar-refractivity contribution in [2.75, 3.05) is 7.11 Å². The summed E-state index contributed by atoms with van der Waals surface area (Å²) < 4.78 is 20.1. The quantitative estimate of drug-likeness (QED) is 0.800. The molecule has 6 heteroatoms. The Hall–Kier alpha value is -2.50. The highest BCUT2D eigenvalue weighted by Gasteiger charge is 2.17. The predicted molar refractivity (Wildman–Crippen MR) is 67.3 cm³/mol. The minimum absolute atomic E-state index is 0.0869. The number of furan rings is 2. The maximum absolute atomic E-state index is 11.7. The van der Waals surface area contributed by atoms with E-state index < -0.39 is 11.9 Å². The molecular weight excluding hydrogens is 264 g/mol. The maximum atomic E-state index is 11.7. The molecule has 0 spiro atoms. The Morgan fingerprint density at radius 3 is 2.50 bits per heavy atom. The Labute approximate surface area is 115 Å². The Kier molecular flexibility index (Phi) is 3.93. The van der Waals surface area contributed by atoms with Crippen LogP contribution in [0.25, 0.3) is 0 Å². The van der Waals surface area contributed by atoms with Gasteiger partial charge in [-0.3, -0.25) is 0 Å². The van der Waals surface area contributed by atoms with Crippen molar-refractivity contribution in [1.29, 1.82) is 0 Å². The van der Waals surface area contributed by atoms with Crippen LogP contribution in [0, 0.1) is 13.8 Å². The van der Waals surface area contributed by atoms with E-state index in [2.05, 4.69) is 4.74 Å². The second-order valence-corrected chi connectivity index (χ2v) is 4.16. The normalized spacial score (nSPS) is 10.3. The van der Waals surface area contributed by atoms with Gasteiger partial charge in [0.1, 0.15) is 29.5 Å². The monoisotopic (exact) mass is 278 g/mol. The van der Waals surface area contributed by atoms with E-state index >= 15 is 0 Å². The summed E-state index contributed by atoms with van der Waals surface area (Å²) in [6, 6.07) is 4.69. The third kappa shape index (κ3) is 2.90. The van der Waals surface area contributed by atoms with Gasteiger partial charge in [0.2, 0.25) is 5.76 Å². The summed E-state index contributed by atoms with van der Waals surface area (Å²) in [5, 5.41) is 0. The summed E-state index contributed by atoms with van der Waals surface area (Å²) in [5.74, 6) is 0.436. The van der Waals surface area contributed by atoms with Crippen LogP contribution in [0.4, 0.5) is 0 Å². The zero-order valence-electron chi connectivity index (χ0n) is 11.4. The Morgan fingerprint density at radius 1 is 1.15 bits per heavy atom. The zero-order chi connectivity index (χ0) is 14.7. The lowest BCUT2D eigenvalue weighted by Gasteiger charge is -1.99. The molecule has 0 N–H and O–H groups in total. The highest BCUT2D eigenvalue weighted by atomic mass is 16.6. The molecule has 0 aliphatic heterocycles. The van der Waals surface area contributed by atoms with E-state index in [1.165, 1.54) is 19.2 Å². The molecule has 6 nitrogen and oxygen atoms in total. The average Bonchev–Trinajstić information content (AvgIpc) is 3.01. The fraction of sp³-hybridized carbons (Fsp3) is 0.286. The molecule has 0 amide bonds. The number of aryl methyl sites for hydroxylation is 2. The number of ether oxygens (including phenoxy) is 2. The molecule has 0 aliphatic carbocycles. The molecule has 2 aromatic rings. The third-order valence-corrected chi connectivity index (χ3v) is 2.66. The van der Waals surface area contributed by atoms with Crippen LogP contribution >= 0.6 is 0 Å². The molecule has 20 heavy (non-hydrogen) atoms. The Balaban J connectivity index is 2.01. The summed E-state index contributed by atoms with van der Waals surface area (Å²) in [7, 11) is 1.29. The van der Waals surface area contributed by atoms with Gasteiger partial charge in [0, 0.05) is 0 Å². The highest BCUT2D eigenvalue weighted by Crippen LogP contribution is 2.17. The van der Waals surface area contributed by atoms with Gasteiger partial charge in [-0.15, -0.1) is 0 Å². The highest BCUT2D eigenvalue weighted by molar-refractivity contribution is 5.90. The van der Waals surface area contributed by atoms with Gasteiger partial charge in [0.15, 0.2) is 0 Å². The van der Waals surface area contributed by atoms with Crippen molar-refractivity contribution in [3.05, 3.63) is 46.8 Å². The minimum atomic E-state index is -0.591. The molecule has 0 fully saturated rings. The summed E-state index contributed by atoms with van der Waals surface area (Å²) in [4.78, 5) is 23.1. The number of carbonyl (C=O) groups is 2. The van der Waals surface area contributed by atoms with Gasteiger partial charge in [-0.25, -0.2) is 9.59 Å². The fourth-order valence-electron chi connectivity index (χ4n) is 1.68. The lowest BCUT2D eigenvalue weighted by Crippen LogP contribution is -2.03. The van der Waals surface area contributed by atoms with Gasteiger partial charge in [-0.2, -0.15) is 0 Å². The number of methoxy groups -OCH3 is 1. The first kappa shape index (κ1) is 13.9. The molecule has 2 rings (SSSR count). The van der Waals surface area contributed by atoms with Gasteiger partial charge in [-0.05, 0) is 32.0 Å². The van der Waals surface area contributed by atoms with Gasteiger partial charge >= 0.3 is 11.9 Å². The standard InChI is InChI=1S/C14H14O6/c1-8-4-5-12(19-8)14(16)18-7-10-6-11(9(2)20-10)13(15)17-3/h4-6H,7H2,1-3H3.